The number of nitrogens with one attached hydrogen (secondary N) is 1. The molecule has 122 valence electrons. The van der Waals surface area contributed by atoms with Gasteiger partial charge in [0.2, 0.25) is 0 Å². The Morgan fingerprint density at radius 2 is 2.09 bits per heavy atom. The molecule has 0 aliphatic carbocycles. The van der Waals surface area contributed by atoms with E-state index in [9.17, 15) is 4.79 Å². The Balaban J connectivity index is 3.12. The minimum atomic E-state index is -0.631. The lowest BCUT2D eigenvalue weighted by Crippen LogP contribution is -2.11. The molecule has 0 spiro atoms. The molecule has 0 aromatic heterocycles. The summed E-state index contributed by atoms with van der Waals surface area (Å²) in [5.41, 5.74) is 3.46. The molecule has 2 N–H and O–H groups in total. The van der Waals surface area contributed by atoms with Crippen LogP contribution in [0, 0.1) is 0 Å². The van der Waals surface area contributed by atoms with Gasteiger partial charge in [-0.05, 0) is 35.8 Å². The Hall–Kier alpha value is -2.30. The smallest absolute Gasteiger partial charge is 0.343 e. The summed E-state index contributed by atoms with van der Waals surface area (Å²) >= 11 is 5.93. The first kappa shape index (κ1) is 18.7. The third-order valence-electron chi connectivity index (χ3n) is 3.02. The lowest BCUT2D eigenvalue weighted by atomic mass is 10.0. The number of ether oxygens (including phenoxy) is 1. The standard InChI is InChI=1S/C18H20ClNO3/c1-5-7-15(19)10-13(6-2)18(21)23-17-11-14(12(3)4)8-9-16(17)20-22/h5-12,20,22H,1-2H2,3-4H3/b13-10+,15-7+. The number of allylic oxidation sites excluding steroid dienone is 4. The molecular formula is C18H20ClNO3. The van der Waals surface area contributed by atoms with Crippen molar-refractivity contribution in [2.24, 2.45) is 0 Å². The molecule has 0 atom stereocenters. The normalized spacial score (nSPS) is 12.0. The third kappa shape index (κ3) is 5.43. The van der Waals surface area contributed by atoms with Crippen LogP contribution < -0.4 is 10.2 Å². The number of esters is 1. The van der Waals surface area contributed by atoms with Gasteiger partial charge in [-0.25, -0.2) is 4.79 Å². The van der Waals surface area contributed by atoms with E-state index in [2.05, 4.69) is 13.2 Å². The van der Waals surface area contributed by atoms with Crippen LogP contribution in [0.2, 0.25) is 0 Å². The number of carbonyl (C=O) groups excluding carboxylic acids is 1. The zero-order valence-electron chi connectivity index (χ0n) is 13.2. The molecule has 0 unspecified atom stereocenters. The number of carbonyl (C=O) groups is 1. The van der Waals surface area contributed by atoms with Gasteiger partial charge in [0.25, 0.3) is 0 Å². The van der Waals surface area contributed by atoms with Crippen molar-refractivity contribution in [2.45, 2.75) is 19.8 Å². The summed E-state index contributed by atoms with van der Waals surface area (Å²) in [6.07, 6.45) is 5.82. The van der Waals surface area contributed by atoms with Gasteiger partial charge < -0.3 is 4.74 Å². The van der Waals surface area contributed by atoms with Gasteiger partial charge in [-0.15, -0.1) is 0 Å². The number of benzene rings is 1. The van der Waals surface area contributed by atoms with Crippen molar-refractivity contribution < 1.29 is 14.7 Å². The highest BCUT2D eigenvalue weighted by atomic mass is 35.5. The van der Waals surface area contributed by atoms with Crippen LogP contribution in [0.3, 0.4) is 0 Å². The quantitative estimate of drug-likeness (QED) is 0.244. The van der Waals surface area contributed by atoms with Crippen molar-refractivity contribution >= 4 is 23.3 Å². The molecule has 0 saturated carbocycles. The molecule has 5 heteroatoms. The van der Waals surface area contributed by atoms with E-state index in [1.165, 1.54) is 18.2 Å². The molecule has 0 saturated heterocycles. The second-order valence-electron chi connectivity index (χ2n) is 5.00. The number of hydrogen-bond donors (Lipinski definition) is 2. The molecule has 0 amide bonds. The Morgan fingerprint density at radius 3 is 2.61 bits per heavy atom. The molecule has 1 aromatic rings. The van der Waals surface area contributed by atoms with E-state index >= 15 is 0 Å². The minimum Gasteiger partial charge on any atom is -0.421 e. The van der Waals surface area contributed by atoms with Gasteiger partial charge in [-0.3, -0.25) is 10.7 Å². The summed E-state index contributed by atoms with van der Waals surface area (Å²) in [6, 6.07) is 5.18. The van der Waals surface area contributed by atoms with Crippen molar-refractivity contribution in [3.05, 3.63) is 71.8 Å². The topological polar surface area (TPSA) is 58.6 Å². The maximum Gasteiger partial charge on any atom is 0.343 e. The third-order valence-corrected chi connectivity index (χ3v) is 3.26. The minimum absolute atomic E-state index is 0.187. The van der Waals surface area contributed by atoms with Crippen molar-refractivity contribution in [1.29, 1.82) is 0 Å². The monoisotopic (exact) mass is 333 g/mol. The lowest BCUT2D eigenvalue weighted by Gasteiger charge is -2.13. The first-order valence-electron chi connectivity index (χ1n) is 7.01. The highest BCUT2D eigenvalue weighted by molar-refractivity contribution is 6.31. The predicted octanol–water partition coefficient (Wildman–Crippen LogP) is 4.94. The van der Waals surface area contributed by atoms with Gasteiger partial charge in [-0.2, -0.15) is 0 Å². The Morgan fingerprint density at radius 1 is 1.39 bits per heavy atom. The fourth-order valence-electron chi connectivity index (χ4n) is 1.74. The Bertz CT molecular complexity index is 660. The maximum absolute atomic E-state index is 12.2. The molecule has 0 bridgehead atoms. The molecule has 0 heterocycles. The molecule has 0 aliphatic rings. The van der Waals surface area contributed by atoms with E-state index in [1.54, 1.807) is 18.2 Å². The predicted molar refractivity (Wildman–Crippen MR) is 94.0 cm³/mol. The SMILES string of the molecule is C=C/C=C(Cl)\C=C(/C=C)C(=O)Oc1cc(C(C)C)ccc1NO. The van der Waals surface area contributed by atoms with Crippen LogP contribution in [-0.4, -0.2) is 11.2 Å². The van der Waals surface area contributed by atoms with E-state index in [-0.39, 0.29) is 17.2 Å². The summed E-state index contributed by atoms with van der Waals surface area (Å²) in [5.74, 6) is -0.159. The van der Waals surface area contributed by atoms with Crippen LogP contribution in [0.15, 0.2) is 66.3 Å². The van der Waals surface area contributed by atoms with Gasteiger partial charge in [0.05, 0.1) is 5.57 Å². The van der Waals surface area contributed by atoms with Crippen LogP contribution in [-0.2, 0) is 4.79 Å². The summed E-state index contributed by atoms with van der Waals surface area (Å²) in [6.45, 7) is 11.1. The molecule has 1 aromatic carbocycles. The Kier molecular flexibility index (Phi) is 7.32. The summed E-state index contributed by atoms with van der Waals surface area (Å²) in [4.78, 5) is 12.2. The van der Waals surface area contributed by atoms with Crippen LogP contribution in [0.4, 0.5) is 5.69 Å². The largest absolute Gasteiger partial charge is 0.421 e. The van der Waals surface area contributed by atoms with Gasteiger partial charge in [-0.1, -0.05) is 56.8 Å². The van der Waals surface area contributed by atoms with Crippen LogP contribution in [0.25, 0.3) is 0 Å². The van der Waals surface area contributed by atoms with E-state index in [0.29, 0.717) is 10.7 Å². The number of rotatable bonds is 7. The number of anilines is 1. The number of halogens is 1. The molecule has 1 rings (SSSR count). The summed E-state index contributed by atoms with van der Waals surface area (Å²) in [7, 11) is 0. The average Bonchev–Trinajstić information content (AvgIpc) is 2.52. The molecular weight excluding hydrogens is 314 g/mol. The van der Waals surface area contributed by atoms with Crippen LogP contribution in [0.5, 0.6) is 5.75 Å². The molecule has 0 fully saturated rings. The first-order valence-corrected chi connectivity index (χ1v) is 7.39. The Labute approximate surface area is 141 Å². The van der Waals surface area contributed by atoms with Crippen molar-refractivity contribution in [3.8, 4) is 5.75 Å². The number of hydrogen-bond acceptors (Lipinski definition) is 4. The summed E-state index contributed by atoms with van der Waals surface area (Å²) < 4.78 is 5.35. The van der Waals surface area contributed by atoms with Crippen LogP contribution in [0.1, 0.15) is 25.3 Å². The highest BCUT2D eigenvalue weighted by Crippen LogP contribution is 2.29. The van der Waals surface area contributed by atoms with Crippen molar-refractivity contribution in [1.82, 2.24) is 0 Å². The highest BCUT2D eigenvalue weighted by Gasteiger charge is 2.14. The van der Waals surface area contributed by atoms with Crippen molar-refractivity contribution in [3.63, 3.8) is 0 Å². The van der Waals surface area contributed by atoms with Gasteiger partial charge in [0.15, 0.2) is 5.75 Å². The molecule has 0 aliphatic heterocycles. The first-order chi connectivity index (χ1) is 10.9. The van der Waals surface area contributed by atoms with Gasteiger partial charge in [0, 0.05) is 5.03 Å². The van der Waals surface area contributed by atoms with E-state index < -0.39 is 5.97 Å². The van der Waals surface area contributed by atoms with Crippen molar-refractivity contribution in [2.75, 3.05) is 5.48 Å². The fourth-order valence-corrected chi connectivity index (χ4v) is 1.95. The summed E-state index contributed by atoms with van der Waals surface area (Å²) in [5, 5.41) is 9.48. The fraction of sp³-hybridized carbons (Fsp3) is 0.167. The van der Waals surface area contributed by atoms with Crippen LogP contribution >= 0.6 is 11.6 Å². The van der Waals surface area contributed by atoms with E-state index in [4.69, 9.17) is 21.5 Å². The van der Waals surface area contributed by atoms with E-state index in [0.717, 1.165) is 5.56 Å². The maximum atomic E-state index is 12.2. The average molecular weight is 334 g/mol. The van der Waals surface area contributed by atoms with Gasteiger partial charge >= 0.3 is 5.97 Å². The zero-order chi connectivity index (χ0) is 17.4. The second kappa shape index (κ2) is 8.98. The van der Waals surface area contributed by atoms with E-state index in [1.807, 2.05) is 25.4 Å². The second-order valence-corrected chi connectivity index (χ2v) is 5.44. The zero-order valence-corrected chi connectivity index (χ0v) is 13.9. The molecule has 0 radical (unpaired) electrons. The lowest BCUT2D eigenvalue weighted by molar-refractivity contribution is -0.129. The molecule has 23 heavy (non-hydrogen) atoms. The molecule has 4 nitrogen and oxygen atoms in total. The van der Waals surface area contributed by atoms with Gasteiger partial charge in [0.1, 0.15) is 5.69 Å².